The first-order valence-electron chi connectivity index (χ1n) is 7.21. The Labute approximate surface area is 134 Å². The Kier molecular flexibility index (Phi) is 7.34. The summed E-state index contributed by atoms with van der Waals surface area (Å²) in [6.07, 6.45) is 0.858. The smallest absolute Gasteiger partial charge is 0.317 e. The second-order valence-electron chi connectivity index (χ2n) is 5.28. The van der Waals surface area contributed by atoms with E-state index in [2.05, 4.69) is 32.9 Å². The van der Waals surface area contributed by atoms with Crippen LogP contribution in [0.1, 0.15) is 25.2 Å². The number of aryl methyl sites for hydroxylation is 2. The lowest BCUT2D eigenvalue weighted by atomic mass is 10.3. The van der Waals surface area contributed by atoms with E-state index in [-0.39, 0.29) is 6.54 Å². The van der Waals surface area contributed by atoms with Gasteiger partial charge in [0.25, 0.3) is 0 Å². The molecule has 1 N–H and O–H groups in total. The van der Waals surface area contributed by atoms with Gasteiger partial charge in [-0.25, -0.2) is 0 Å². The van der Waals surface area contributed by atoms with E-state index in [1.807, 2.05) is 30.6 Å². The number of carboxylic acids is 1. The summed E-state index contributed by atoms with van der Waals surface area (Å²) in [5.74, 6) is -0.803. The topological polar surface area (TPSA) is 61.6 Å². The van der Waals surface area contributed by atoms with E-state index in [9.17, 15) is 4.79 Å². The molecular weight excluding hydrogens is 336 g/mol. The molecule has 7 heteroatoms. The van der Waals surface area contributed by atoms with Crippen LogP contribution in [0.2, 0.25) is 0 Å². The minimum absolute atomic E-state index is 0.0383. The summed E-state index contributed by atoms with van der Waals surface area (Å²) in [6.45, 7) is 7.05. The van der Waals surface area contributed by atoms with Crippen molar-refractivity contribution in [3.8, 4) is 0 Å². The number of aliphatic carboxylic acids is 1. The van der Waals surface area contributed by atoms with Crippen LogP contribution in [0.3, 0.4) is 0 Å². The molecule has 21 heavy (non-hydrogen) atoms. The van der Waals surface area contributed by atoms with Gasteiger partial charge >= 0.3 is 5.97 Å². The SMILES string of the molecule is CCc1nn(CC)c(CN(CCN(C)C)CC(=O)O)c1Br. The third kappa shape index (κ3) is 5.41. The number of nitrogens with zero attached hydrogens (tertiary/aromatic N) is 4. The molecule has 0 amide bonds. The number of carboxylic acid groups (broad SMARTS) is 1. The van der Waals surface area contributed by atoms with Gasteiger partial charge in [-0.1, -0.05) is 6.92 Å². The van der Waals surface area contributed by atoms with Gasteiger partial charge in [0.15, 0.2) is 0 Å². The first kappa shape index (κ1) is 18.1. The molecule has 0 radical (unpaired) electrons. The van der Waals surface area contributed by atoms with E-state index in [0.29, 0.717) is 13.1 Å². The molecule has 6 nitrogen and oxygen atoms in total. The Morgan fingerprint density at radius 3 is 2.48 bits per heavy atom. The summed E-state index contributed by atoms with van der Waals surface area (Å²) in [5.41, 5.74) is 2.07. The second-order valence-corrected chi connectivity index (χ2v) is 6.08. The van der Waals surface area contributed by atoms with Gasteiger partial charge in [0.1, 0.15) is 0 Å². The first-order valence-corrected chi connectivity index (χ1v) is 8.01. The van der Waals surface area contributed by atoms with Crippen LogP contribution in [0, 0.1) is 0 Å². The highest BCUT2D eigenvalue weighted by atomic mass is 79.9. The van der Waals surface area contributed by atoms with Gasteiger partial charge in [-0.2, -0.15) is 5.10 Å². The molecule has 0 fully saturated rings. The molecule has 1 aromatic rings. The maximum Gasteiger partial charge on any atom is 0.317 e. The quantitative estimate of drug-likeness (QED) is 0.725. The molecule has 0 bridgehead atoms. The third-order valence-electron chi connectivity index (χ3n) is 3.29. The summed E-state index contributed by atoms with van der Waals surface area (Å²) >= 11 is 3.61. The van der Waals surface area contributed by atoms with Crippen LogP contribution >= 0.6 is 15.9 Å². The normalized spacial score (nSPS) is 11.6. The number of aromatic nitrogens is 2. The van der Waals surface area contributed by atoms with Gasteiger partial charge in [0.05, 0.1) is 22.4 Å². The summed E-state index contributed by atoms with van der Waals surface area (Å²) < 4.78 is 2.96. The Balaban J connectivity index is 2.90. The number of rotatable bonds is 9. The van der Waals surface area contributed by atoms with Crippen molar-refractivity contribution in [1.82, 2.24) is 19.6 Å². The van der Waals surface area contributed by atoms with Crippen molar-refractivity contribution >= 4 is 21.9 Å². The average Bonchev–Trinajstić information content (AvgIpc) is 2.72. The van der Waals surface area contributed by atoms with Gasteiger partial charge in [-0.05, 0) is 43.4 Å². The van der Waals surface area contributed by atoms with Crippen molar-refractivity contribution in [3.63, 3.8) is 0 Å². The number of halogens is 1. The van der Waals surface area contributed by atoms with Gasteiger partial charge < -0.3 is 10.0 Å². The molecule has 120 valence electrons. The van der Waals surface area contributed by atoms with Crippen LogP contribution in [-0.4, -0.2) is 64.4 Å². The van der Waals surface area contributed by atoms with Gasteiger partial charge in [-0.3, -0.25) is 14.4 Å². The highest BCUT2D eigenvalue weighted by molar-refractivity contribution is 9.10. The van der Waals surface area contributed by atoms with E-state index in [1.165, 1.54) is 0 Å². The fraction of sp³-hybridized carbons (Fsp3) is 0.714. The fourth-order valence-corrected chi connectivity index (χ4v) is 2.82. The molecule has 0 aliphatic heterocycles. The van der Waals surface area contributed by atoms with Crippen molar-refractivity contribution < 1.29 is 9.90 Å². The van der Waals surface area contributed by atoms with Crippen LogP contribution < -0.4 is 0 Å². The maximum atomic E-state index is 11.1. The Hall–Kier alpha value is -0.920. The van der Waals surface area contributed by atoms with Gasteiger partial charge in [0, 0.05) is 26.2 Å². The lowest BCUT2D eigenvalue weighted by molar-refractivity contribution is -0.138. The summed E-state index contributed by atoms with van der Waals surface area (Å²) in [6, 6.07) is 0. The highest BCUT2D eigenvalue weighted by Crippen LogP contribution is 2.23. The zero-order chi connectivity index (χ0) is 16.0. The fourth-order valence-electron chi connectivity index (χ4n) is 2.13. The molecular formula is C14H25BrN4O2. The van der Waals surface area contributed by atoms with Crippen LogP contribution in [0.5, 0.6) is 0 Å². The zero-order valence-electron chi connectivity index (χ0n) is 13.3. The van der Waals surface area contributed by atoms with E-state index in [1.54, 1.807) is 0 Å². The molecule has 0 aliphatic rings. The third-order valence-corrected chi connectivity index (χ3v) is 4.21. The van der Waals surface area contributed by atoms with Crippen molar-refractivity contribution in [1.29, 1.82) is 0 Å². The Bertz CT molecular complexity index is 474. The van der Waals surface area contributed by atoms with Crippen molar-refractivity contribution in [2.24, 2.45) is 0 Å². The Morgan fingerprint density at radius 1 is 1.33 bits per heavy atom. The van der Waals surface area contributed by atoms with Crippen LogP contribution in [0.25, 0.3) is 0 Å². The summed E-state index contributed by atoms with van der Waals surface area (Å²) in [4.78, 5) is 15.1. The van der Waals surface area contributed by atoms with Crippen LogP contribution in [0.15, 0.2) is 4.47 Å². The molecule has 0 aliphatic carbocycles. The van der Waals surface area contributed by atoms with Crippen LogP contribution in [0.4, 0.5) is 0 Å². The standard InChI is InChI=1S/C14H25BrN4O2/c1-5-11-14(15)12(19(6-2)16-11)9-18(10-13(20)21)8-7-17(3)4/h5-10H2,1-4H3,(H,20,21). The largest absolute Gasteiger partial charge is 0.480 e. The second kappa shape index (κ2) is 8.51. The van der Waals surface area contributed by atoms with Gasteiger partial charge in [0.2, 0.25) is 0 Å². The molecule has 0 atom stereocenters. The molecule has 1 heterocycles. The van der Waals surface area contributed by atoms with E-state index < -0.39 is 5.97 Å². The summed E-state index contributed by atoms with van der Waals surface area (Å²) in [7, 11) is 3.97. The highest BCUT2D eigenvalue weighted by Gasteiger charge is 2.18. The molecule has 1 aromatic heterocycles. The monoisotopic (exact) mass is 360 g/mol. The number of hydrogen-bond acceptors (Lipinski definition) is 4. The van der Waals surface area contributed by atoms with E-state index in [0.717, 1.165) is 35.4 Å². The van der Waals surface area contributed by atoms with Crippen molar-refractivity contribution in [2.45, 2.75) is 33.4 Å². The van der Waals surface area contributed by atoms with Crippen molar-refractivity contribution in [3.05, 3.63) is 15.9 Å². The first-order chi connectivity index (χ1) is 9.88. The Morgan fingerprint density at radius 2 is 2.00 bits per heavy atom. The van der Waals surface area contributed by atoms with Crippen LogP contribution in [-0.2, 0) is 24.3 Å². The lowest BCUT2D eigenvalue weighted by Crippen LogP contribution is -2.35. The maximum absolute atomic E-state index is 11.1. The van der Waals surface area contributed by atoms with Crippen molar-refractivity contribution in [2.75, 3.05) is 33.7 Å². The zero-order valence-corrected chi connectivity index (χ0v) is 14.9. The number of carbonyl (C=O) groups is 1. The summed E-state index contributed by atoms with van der Waals surface area (Å²) in [5, 5.41) is 13.6. The number of hydrogen-bond donors (Lipinski definition) is 1. The molecule has 0 saturated carbocycles. The average molecular weight is 361 g/mol. The molecule has 0 aromatic carbocycles. The lowest BCUT2D eigenvalue weighted by Gasteiger charge is -2.22. The predicted molar refractivity (Wildman–Crippen MR) is 86.4 cm³/mol. The molecule has 1 rings (SSSR count). The van der Waals surface area contributed by atoms with E-state index >= 15 is 0 Å². The number of likely N-dealkylation sites (N-methyl/N-ethyl adjacent to an activating group) is 1. The molecule has 0 spiro atoms. The molecule has 0 saturated heterocycles. The minimum Gasteiger partial charge on any atom is -0.480 e. The minimum atomic E-state index is -0.803. The molecule has 0 unspecified atom stereocenters. The van der Waals surface area contributed by atoms with Gasteiger partial charge in [-0.15, -0.1) is 0 Å². The predicted octanol–water partition coefficient (Wildman–Crippen LogP) is 1.68. The van der Waals surface area contributed by atoms with E-state index in [4.69, 9.17) is 5.11 Å².